The zero-order chi connectivity index (χ0) is 22.6. The van der Waals surface area contributed by atoms with Gasteiger partial charge in [0.2, 0.25) is 0 Å². The maximum atomic E-state index is 13.2. The molecule has 0 spiro atoms. The van der Waals surface area contributed by atoms with Gasteiger partial charge in [-0.25, -0.2) is 8.78 Å². The maximum Gasteiger partial charge on any atom is 0.267 e. The molecule has 0 amide bonds. The summed E-state index contributed by atoms with van der Waals surface area (Å²) in [6, 6.07) is 10.5. The lowest BCUT2D eigenvalue weighted by Gasteiger charge is -2.31. The maximum absolute atomic E-state index is 13.2. The van der Waals surface area contributed by atoms with Crippen molar-refractivity contribution in [2.75, 3.05) is 0 Å². The second-order valence-electron chi connectivity index (χ2n) is 7.50. The molecular formula is C22H24F2N4O3. The molecule has 7 nitrogen and oxygen atoms in total. The van der Waals surface area contributed by atoms with Gasteiger partial charge >= 0.3 is 0 Å². The summed E-state index contributed by atoms with van der Waals surface area (Å²) >= 11 is 0. The Bertz CT molecular complexity index is 1080. The lowest BCUT2D eigenvalue weighted by atomic mass is 9.82. The number of aromatic nitrogens is 4. The molecule has 9 heteroatoms. The number of rotatable bonds is 9. The van der Waals surface area contributed by atoms with Crippen LogP contribution in [0, 0.1) is 5.92 Å². The highest BCUT2D eigenvalue weighted by Crippen LogP contribution is 2.29. The van der Waals surface area contributed by atoms with Gasteiger partial charge in [0, 0.05) is 25.2 Å². The first kappa shape index (κ1) is 22.5. The Morgan fingerprint density at radius 3 is 2.32 bits per heavy atom. The van der Waals surface area contributed by atoms with E-state index in [1.165, 1.54) is 15.4 Å². The van der Waals surface area contributed by atoms with Crippen molar-refractivity contribution >= 4 is 5.78 Å². The van der Waals surface area contributed by atoms with E-state index in [1.54, 1.807) is 31.6 Å². The predicted octanol–water partition coefficient (Wildman–Crippen LogP) is 3.10. The van der Waals surface area contributed by atoms with Crippen LogP contribution in [0.25, 0.3) is 16.8 Å². The summed E-state index contributed by atoms with van der Waals surface area (Å²) in [4.78, 5) is 26.2. The molecule has 1 N–H and O–H groups in total. The minimum Gasteiger partial charge on any atom is -0.383 e. The quantitative estimate of drug-likeness (QED) is 0.563. The SMILES string of the molecule is CCC(=O)C(CCn1ccc(-c2ccc(-n3nccn3)cc2)cc1=O)C(C)(O)C(F)F. The van der Waals surface area contributed by atoms with Gasteiger partial charge in [-0.05, 0) is 42.7 Å². The molecule has 0 fully saturated rings. The Hall–Kier alpha value is -3.20. The molecule has 0 radical (unpaired) electrons. The van der Waals surface area contributed by atoms with Crippen molar-refractivity contribution in [3.05, 3.63) is 65.3 Å². The summed E-state index contributed by atoms with van der Waals surface area (Å²) in [6.45, 7) is 2.57. The van der Waals surface area contributed by atoms with Crippen LogP contribution < -0.4 is 5.56 Å². The third-order valence-corrected chi connectivity index (χ3v) is 5.39. The average Bonchev–Trinajstić information content (AvgIpc) is 3.29. The molecule has 0 bridgehead atoms. The van der Waals surface area contributed by atoms with Crippen molar-refractivity contribution in [1.29, 1.82) is 0 Å². The van der Waals surface area contributed by atoms with E-state index < -0.39 is 23.7 Å². The van der Waals surface area contributed by atoms with Crippen molar-refractivity contribution in [2.24, 2.45) is 5.92 Å². The minimum atomic E-state index is -3.06. The highest BCUT2D eigenvalue weighted by molar-refractivity contribution is 5.81. The van der Waals surface area contributed by atoms with Crippen LogP contribution in [0.1, 0.15) is 26.7 Å². The van der Waals surface area contributed by atoms with E-state index in [-0.39, 0.29) is 24.9 Å². The Labute approximate surface area is 178 Å². The van der Waals surface area contributed by atoms with Crippen LogP contribution in [-0.4, -0.2) is 42.5 Å². The number of hydrogen-bond donors (Lipinski definition) is 1. The average molecular weight is 430 g/mol. The van der Waals surface area contributed by atoms with Gasteiger partial charge in [-0.15, -0.1) is 0 Å². The topological polar surface area (TPSA) is 90.0 Å². The number of aryl methyl sites for hydroxylation is 1. The Morgan fingerprint density at radius 2 is 1.77 bits per heavy atom. The summed E-state index contributed by atoms with van der Waals surface area (Å²) in [5, 5.41) is 18.2. The number of hydrogen-bond acceptors (Lipinski definition) is 5. The monoisotopic (exact) mass is 430 g/mol. The number of alkyl halides is 2. The summed E-state index contributed by atoms with van der Waals surface area (Å²) in [5.41, 5.74) is -0.474. The molecule has 2 atom stereocenters. The second kappa shape index (κ2) is 9.30. The first-order valence-corrected chi connectivity index (χ1v) is 9.95. The highest BCUT2D eigenvalue weighted by Gasteiger charge is 2.43. The first-order chi connectivity index (χ1) is 14.7. The van der Waals surface area contributed by atoms with Crippen molar-refractivity contribution < 1.29 is 18.7 Å². The summed E-state index contributed by atoms with van der Waals surface area (Å²) in [5.74, 6) is -1.71. The fraction of sp³-hybridized carbons (Fsp3) is 0.364. The normalized spacial score (nSPS) is 14.4. The highest BCUT2D eigenvalue weighted by atomic mass is 19.3. The molecule has 164 valence electrons. The van der Waals surface area contributed by atoms with Crippen LogP contribution in [0.4, 0.5) is 8.78 Å². The van der Waals surface area contributed by atoms with E-state index in [1.807, 2.05) is 24.3 Å². The third-order valence-electron chi connectivity index (χ3n) is 5.39. The van der Waals surface area contributed by atoms with Crippen LogP contribution in [-0.2, 0) is 11.3 Å². The van der Waals surface area contributed by atoms with Crippen molar-refractivity contribution in [2.45, 2.75) is 45.3 Å². The molecule has 0 aliphatic carbocycles. The van der Waals surface area contributed by atoms with Gasteiger partial charge in [-0.3, -0.25) is 9.59 Å². The summed E-state index contributed by atoms with van der Waals surface area (Å²) in [6.07, 6.45) is 1.62. The number of benzene rings is 1. The smallest absolute Gasteiger partial charge is 0.267 e. The standard InChI is InChI=1S/C22H24F2N4O3/c1-3-19(29)18(22(2,31)21(23)24)9-13-27-12-8-16(14-20(27)30)15-4-6-17(7-5-15)28-25-10-11-26-28/h4-8,10-12,14,18,21,31H,3,9,13H2,1-2H3. The third kappa shape index (κ3) is 4.93. The van der Waals surface area contributed by atoms with E-state index in [0.29, 0.717) is 5.56 Å². The fourth-order valence-electron chi connectivity index (χ4n) is 3.45. The molecule has 0 saturated carbocycles. The van der Waals surface area contributed by atoms with Crippen LogP contribution in [0.5, 0.6) is 0 Å². The van der Waals surface area contributed by atoms with Gasteiger partial charge in [0.15, 0.2) is 0 Å². The number of aliphatic hydroxyl groups is 1. The number of carbonyl (C=O) groups is 1. The van der Waals surface area contributed by atoms with E-state index in [0.717, 1.165) is 18.2 Å². The molecule has 2 unspecified atom stereocenters. The molecule has 0 aliphatic heterocycles. The van der Waals surface area contributed by atoms with Gasteiger partial charge < -0.3 is 9.67 Å². The van der Waals surface area contributed by atoms with Gasteiger partial charge in [0.1, 0.15) is 11.4 Å². The predicted molar refractivity (Wildman–Crippen MR) is 111 cm³/mol. The van der Waals surface area contributed by atoms with E-state index in [9.17, 15) is 23.5 Å². The molecule has 0 aliphatic rings. The second-order valence-corrected chi connectivity index (χ2v) is 7.50. The number of halogens is 2. The van der Waals surface area contributed by atoms with Crippen LogP contribution in [0.15, 0.2) is 59.8 Å². The van der Waals surface area contributed by atoms with Crippen molar-refractivity contribution in [1.82, 2.24) is 19.6 Å². The van der Waals surface area contributed by atoms with Crippen LogP contribution >= 0.6 is 0 Å². The molecule has 2 aromatic heterocycles. The Kier molecular flexibility index (Phi) is 6.74. The molecule has 3 aromatic rings. The van der Waals surface area contributed by atoms with Gasteiger partial charge in [0.25, 0.3) is 12.0 Å². The van der Waals surface area contributed by atoms with Crippen LogP contribution in [0.2, 0.25) is 0 Å². The molecule has 31 heavy (non-hydrogen) atoms. The largest absolute Gasteiger partial charge is 0.383 e. The van der Waals surface area contributed by atoms with Gasteiger partial charge in [0.05, 0.1) is 24.0 Å². The number of carbonyl (C=O) groups excluding carboxylic acids is 1. The van der Waals surface area contributed by atoms with E-state index in [2.05, 4.69) is 10.2 Å². The zero-order valence-electron chi connectivity index (χ0n) is 17.3. The first-order valence-electron chi connectivity index (χ1n) is 9.95. The lowest BCUT2D eigenvalue weighted by Crippen LogP contribution is -2.46. The van der Waals surface area contributed by atoms with Gasteiger partial charge in [-0.2, -0.15) is 15.0 Å². The summed E-state index contributed by atoms with van der Waals surface area (Å²) < 4.78 is 27.8. The van der Waals surface area contributed by atoms with Crippen molar-refractivity contribution in [3.63, 3.8) is 0 Å². The Morgan fingerprint density at radius 1 is 1.13 bits per heavy atom. The van der Waals surface area contributed by atoms with Gasteiger partial charge in [-0.1, -0.05) is 19.1 Å². The molecular weight excluding hydrogens is 406 g/mol. The fourth-order valence-corrected chi connectivity index (χ4v) is 3.45. The number of Topliss-reactive ketones (excluding diaryl/α,β-unsaturated/α-hetero) is 1. The summed E-state index contributed by atoms with van der Waals surface area (Å²) in [7, 11) is 0. The number of nitrogens with zero attached hydrogens (tertiary/aromatic N) is 4. The zero-order valence-corrected chi connectivity index (χ0v) is 17.3. The number of ketones is 1. The molecule has 1 aromatic carbocycles. The molecule has 3 rings (SSSR count). The van der Waals surface area contributed by atoms with Crippen LogP contribution in [0.3, 0.4) is 0 Å². The van der Waals surface area contributed by atoms with E-state index >= 15 is 0 Å². The molecule has 2 heterocycles. The number of pyridine rings is 1. The Balaban J connectivity index is 1.76. The minimum absolute atomic E-state index is 0.0332. The van der Waals surface area contributed by atoms with Crippen molar-refractivity contribution in [3.8, 4) is 16.8 Å². The lowest BCUT2D eigenvalue weighted by molar-refractivity contribution is -0.150. The molecule has 0 saturated heterocycles. The van der Waals surface area contributed by atoms with E-state index in [4.69, 9.17) is 0 Å².